The third-order valence-electron chi connectivity index (χ3n) is 4.17. The molecule has 18 heavy (non-hydrogen) atoms. The molecule has 1 N–H and O–H groups in total. The van der Waals surface area contributed by atoms with Crippen molar-refractivity contribution in [3.63, 3.8) is 0 Å². The summed E-state index contributed by atoms with van der Waals surface area (Å²) in [5.74, 6) is 0.798. The zero-order valence-corrected chi connectivity index (χ0v) is 10.7. The fraction of sp³-hybridized carbons (Fsp3) is 0.533. The number of carbonyl (C=O) groups is 1. The molecule has 0 radical (unpaired) electrons. The van der Waals surface area contributed by atoms with Gasteiger partial charge >= 0.3 is 5.97 Å². The fourth-order valence-corrected chi connectivity index (χ4v) is 3.44. The largest absolute Gasteiger partial charge is 0.493 e. The molecule has 1 aliphatic heterocycles. The summed E-state index contributed by atoms with van der Waals surface area (Å²) in [7, 11) is 0. The van der Waals surface area contributed by atoms with Crippen molar-refractivity contribution in [3.05, 3.63) is 28.3 Å². The number of rotatable bonds is 3. The first kappa shape index (κ1) is 11.6. The van der Waals surface area contributed by atoms with Gasteiger partial charge in [0.25, 0.3) is 0 Å². The lowest BCUT2D eigenvalue weighted by Gasteiger charge is -2.15. The monoisotopic (exact) mass is 246 g/mol. The Kier molecular flexibility index (Phi) is 2.77. The first-order chi connectivity index (χ1) is 8.66. The van der Waals surface area contributed by atoms with Crippen LogP contribution >= 0.6 is 0 Å². The summed E-state index contributed by atoms with van der Waals surface area (Å²) in [5.41, 5.74) is 5.43. The van der Waals surface area contributed by atoms with Crippen molar-refractivity contribution in [3.8, 4) is 5.75 Å². The Morgan fingerprint density at radius 1 is 1.50 bits per heavy atom. The second-order valence-electron chi connectivity index (χ2n) is 5.34. The molecular formula is C15H18O3. The predicted octanol–water partition coefficient (Wildman–Crippen LogP) is 2.82. The first-order valence-electron chi connectivity index (χ1n) is 6.66. The van der Waals surface area contributed by atoms with Crippen molar-refractivity contribution in [2.75, 3.05) is 6.61 Å². The molecule has 0 bridgehead atoms. The van der Waals surface area contributed by atoms with Gasteiger partial charge in [-0.2, -0.15) is 0 Å². The van der Waals surface area contributed by atoms with Crippen molar-refractivity contribution >= 4 is 5.97 Å². The first-order valence-corrected chi connectivity index (χ1v) is 6.66. The Morgan fingerprint density at radius 2 is 2.33 bits per heavy atom. The van der Waals surface area contributed by atoms with Crippen LogP contribution in [0.1, 0.15) is 47.4 Å². The molecular weight excluding hydrogens is 228 g/mol. The van der Waals surface area contributed by atoms with Gasteiger partial charge in [-0.15, -0.1) is 0 Å². The normalized spacial score (nSPS) is 20.4. The Labute approximate surface area is 107 Å². The molecule has 1 aromatic carbocycles. The highest BCUT2D eigenvalue weighted by atomic mass is 16.5. The van der Waals surface area contributed by atoms with Crippen LogP contribution in [0.4, 0.5) is 0 Å². The number of carboxylic acid groups (broad SMARTS) is 1. The number of hydrogen-bond acceptors (Lipinski definition) is 2. The zero-order valence-electron chi connectivity index (χ0n) is 10.7. The number of benzene rings is 1. The molecule has 3 rings (SSSR count). The van der Waals surface area contributed by atoms with E-state index in [0.717, 1.165) is 38.0 Å². The van der Waals surface area contributed by atoms with Crippen molar-refractivity contribution in [1.29, 1.82) is 0 Å². The van der Waals surface area contributed by atoms with E-state index in [4.69, 9.17) is 9.84 Å². The minimum atomic E-state index is -0.691. The van der Waals surface area contributed by atoms with E-state index >= 15 is 0 Å². The smallest absolute Gasteiger partial charge is 0.303 e. The van der Waals surface area contributed by atoms with Gasteiger partial charge < -0.3 is 9.84 Å². The van der Waals surface area contributed by atoms with Crippen LogP contribution in [0.3, 0.4) is 0 Å². The van der Waals surface area contributed by atoms with Crippen molar-refractivity contribution in [1.82, 2.24) is 0 Å². The average molecular weight is 246 g/mol. The minimum Gasteiger partial charge on any atom is -0.493 e. The van der Waals surface area contributed by atoms with Crippen molar-refractivity contribution < 1.29 is 14.6 Å². The highest BCUT2D eigenvalue weighted by molar-refractivity contribution is 5.67. The molecule has 1 atom stereocenters. The van der Waals surface area contributed by atoms with E-state index in [2.05, 4.69) is 13.0 Å². The fourth-order valence-electron chi connectivity index (χ4n) is 3.44. The van der Waals surface area contributed by atoms with Crippen molar-refractivity contribution in [2.45, 2.75) is 44.9 Å². The van der Waals surface area contributed by atoms with E-state index in [0.29, 0.717) is 5.92 Å². The lowest BCUT2D eigenvalue weighted by molar-refractivity contribution is -0.137. The van der Waals surface area contributed by atoms with E-state index in [9.17, 15) is 4.79 Å². The maximum Gasteiger partial charge on any atom is 0.303 e. The summed E-state index contributed by atoms with van der Waals surface area (Å²) in [6, 6.07) is 2.24. The Hall–Kier alpha value is -1.51. The molecule has 0 spiro atoms. The summed E-state index contributed by atoms with van der Waals surface area (Å²) < 4.78 is 5.71. The van der Waals surface area contributed by atoms with Crippen LogP contribution in [0.5, 0.6) is 5.75 Å². The second kappa shape index (κ2) is 4.30. The van der Waals surface area contributed by atoms with Crippen LogP contribution in [0.2, 0.25) is 0 Å². The molecule has 3 heteroatoms. The highest BCUT2D eigenvalue weighted by Gasteiger charge is 2.30. The van der Waals surface area contributed by atoms with Crippen LogP contribution in [0.15, 0.2) is 6.07 Å². The van der Waals surface area contributed by atoms with Crippen LogP contribution in [-0.2, 0) is 17.6 Å². The number of ether oxygens (including phenoxy) is 1. The van der Waals surface area contributed by atoms with E-state index in [1.54, 1.807) is 0 Å². The molecule has 1 aliphatic carbocycles. The summed E-state index contributed by atoms with van der Waals surface area (Å²) in [5, 5.41) is 8.83. The summed E-state index contributed by atoms with van der Waals surface area (Å²) >= 11 is 0. The topological polar surface area (TPSA) is 46.5 Å². The van der Waals surface area contributed by atoms with Crippen LogP contribution < -0.4 is 4.74 Å². The standard InChI is InChI=1S/C15H18O3/c1-9-8-11-3-2-10(4-5-13(16)17)14(11)12-6-7-18-15(9)12/h8,10H,2-7H2,1H3,(H,16,17). The van der Waals surface area contributed by atoms with Gasteiger partial charge in [-0.25, -0.2) is 0 Å². The molecule has 1 heterocycles. The van der Waals surface area contributed by atoms with Crippen LogP contribution in [0, 0.1) is 6.92 Å². The van der Waals surface area contributed by atoms with Gasteiger partial charge in [-0.1, -0.05) is 6.07 Å². The number of carboxylic acids is 1. The SMILES string of the molecule is Cc1cc2c(c3c1OCC3)C(CCC(=O)O)CC2. The van der Waals surface area contributed by atoms with E-state index < -0.39 is 5.97 Å². The van der Waals surface area contributed by atoms with E-state index in [-0.39, 0.29) is 6.42 Å². The van der Waals surface area contributed by atoms with Gasteiger partial charge in [0.2, 0.25) is 0 Å². The number of fused-ring (bicyclic) bond motifs is 3. The molecule has 0 fully saturated rings. The number of aryl methyl sites for hydroxylation is 2. The Morgan fingerprint density at radius 3 is 3.11 bits per heavy atom. The number of hydrogen-bond donors (Lipinski definition) is 1. The van der Waals surface area contributed by atoms with Crippen LogP contribution in [0.25, 0.3) is 0 Å². The zero-order chi connectivity index (χ0) is 12.7. The molecule has 96 valence electrons. The predicted molar refractivity (Wildman–Crippen MR) is 68.3 cm³/mol. The van der Waals surface area contributed by atoms with E-state index in [1.807, 2.05) is 0 Å². The second-order valence-corrected chi connectivity index (χ2v) is 5.34. The summed E-state index contributed by atoms with van der Waals surface area (Å²) in [4.78, 5) is 10.7. The molecule has 2 aliphatic rings. The quantitative estimate of drug-likeness (QED) is 0.892. The van der Waals surface area contributed by atoms with Gasteiger partial charge in [0.15, 0.2) is 0 Å². The Balaban J connectivity index is 1.95. The van der Waals surface area contributed by atoms with Gasteiger partial charge in [0.05, 0.1) is 6.61 Å². The third kappa shape index (κ3) is 1.78. The third-order valence-corrected chi connectivity index (χ3v) is 4.17. The van der Waals surface area contributed by atoms with E-state index in [1.165, 1.54) is 22.3 Å². The molecule has 1 aromatic rings. The van der Waals surface area contributed by atoms with Gasteiger partial charge in [0, 0.05) is 18.4 Å². The van der Waals surface area contributed by atoms with Crippen molar-refractivity contribution in [2.24, 2.45) is 0 Å². The Bertz CT molecular complexity index is 505. The molecule has 3 nitrogen and oxygen atoms in total. The molecule has 0 saturated heterocycles. The maximum atomic E-state index is 10.7. The van der Waals surface area contributed by atoms with Gasteiger partial charge in [0.1, 0.15) is 5.75 Å². The van der Waals surface area contributed by atoms with Crippen LogP contribution in [-0.4, -0.2) is 17.7 Å². The minimum absolute atomic E-state index is 0.271. The molecule has 0 saturated carbocycles. The molecule has 0 amide bonds. The summed E-state index contributed by atoms with van der Waals surface area (Å²) in [6.07, 6.45) is 4.21. The van der Waals surface area contributed by atoms with Gasteiger partial charge in [-0.3, -0.25) is 4.79 Å². The average Bonchev–Trinajstić information content (AvgIpc) is 2.91. The lowest BCUT2D eigenvalue weighted by atomic mass is 9.90. The van der Waals surface area contributed by atoms with Gasteiger partial charge in [-0.05, 0) is 48.8 Å². The highest BCUT2D eigenvalue weighted by Crippen LogP contribution is 2.45. The summed E-state index contributed by atoms with van der Waals surface area (Å²) in [6.45, 7) is 2.88. The maximum absolute atomic E-state index is 10.7. The molecule has 0 aromatic heterocycles. The number of aliphatic carboxylic acids is 1. The lowest BCUT2D eigenvalue weighted by Crippen LogP contribution is -2.02. The molecule has 1 unspecified atom stereocenters.